The number of rotatable bonds is 4. The maximum Gasteiger partial charge on any atom is 0.161 e. The van der Waals surface area contributed by atoms with Gasteiger partial charge in [-0.15, -0.1) is 0 Å². The van der Waals surface area contributed by atoms with Crippen molar-refractivity contribution >= 4 is 10.9 Å². The van der Waals surface area contributed by atoms with Crippen molar-refractivity contribution in [3.63, 3.8) is 0 Å². The maximum absolute atomic E-state index is 6.02. The zero-order valence-corrected chi connectivity index (χ0v) is 13.1. The molecule has 0 aliphatic rings. The van der Waals surface area contributed by atoms with Crippen molar-refractivity contribution in [2.45, 2.75) is 6.54 Å². The standard InChI is InChI=1S/C18H20N2O2/c1-20-15-7-5-4-6-13(15)14(11-19)18(20)12-8-9-16(21-2)17(10-12)22-3/h4-10H,11,19H2,1-3H3. The summed E-state index contributed by atoms with van der Waals surface area (Å²) in [5.41, 5.74) is 10.5. The summed E-state index contributed by atoms with van der Waals surface area (Å²) in [6, 6.07) is 14.3. The number of para-hydroxylation sites is 1. The number of methoxy groups -OCH3 is 2. The van der Waals surface area contributed by atoms with Crippen LogP contribution < -0.4 is 15.2 Å². The van der Waals surface area contributed by atoms with E-state index in [9.17, 15) is 0 Å². The molecule has 4 nitrogen and oxygen atoms in total. The first-order chi connectivity index (χ1) is 10.7. The van der Waals surface area contributed by atoms with Crippen LogP contribution in [0, 0.1) is 0 Å². The lowest BCUT2D eigenvalue weighted by atomic mass is 10.0. The molecule has 0 amide bonds. The molecule has 0 saturated carbocycles. The summed E-state index contributed by atoms with van der Waals surface area (Å²) in [4.78, 5) is 0. The summed E-state index contributed by atoms with van der Waals surface area (Å²) in [5.74, 6) is 1.44. The van der Waals surface area contributed by atoms with Gasteiger partial charge in [0.1, 0.15) is 0 Å². The average molecular weight is 296 g/mol. The highest BCUT2D eigenvalue weighted by atomic mass is 16.5. The third-order valence-corrected chi connectivity index (χ3v) is 4.07. The van der Waals surface area contributed by atoms with E-state index in [1.54, 1.807) is 14.2 Å². The number of ether oxygens (including phenoxy) is 2. The largest absolute Gasteiger partial charge is 0.493 e. The zero-order chi connectivity index (χ0) is 15.7. The fourth-order valence-corrected chi connectivity index (χ4v) is 3.03. The van der Waals surface area contributed by atoms with Gasteiger partial charge in [0, 0.05) is 30.1 Å². The van der Waals surface area contributed by atoms with Crippen LogP contribution in [0.5, 0.6) is 11.5 Å². The molecule has 0 aliphatic carbocycles. The van der Waals surface area contributed by atoms with Crippen molar-refractivity contribution in [3.8, 4) is 22.8 Å². The van der Waals surface area contributed by atoms with Crippen LogP contribution in [0.4, 0.5) is 0 Å². The smallest absolute Gasteiger partial charge is 0.161 e. The molecule has 0 saturated heterocycles. The Kier molecular flexibility index (Phi) is 3.77. The number of hydrogen-bond donors (Lipinski definition) is 1. The molecule has 0 bridgehead atoms. The predicted octanol–water partition coefficient (Wildman–Crippen LogP) is 3.32. The Hall–Kier alpha value is -2.46. The molecule has 0 fully saturated rings. The molecule has 2 N–H and O–H groups in total. The molecule has 0 spiro atoms. The number of hydrogen-bond acceptors (Lipinski definition) is 3. The fourth-order valence-electron chi connectivity index (χ4n) is 3.03. The monoisotopic (exact) mass is 296 g/mol. The van der Waals surface area contributed by atoms with Gasteiger partial charge in [0.15, 0.2) is 11.5 Å². The molecule has 0 radical (unpaired) electrons. The lowest BCUT2D eigenvalue weighted by Gasteiger charge is -2.12. The molecule has 0 atom stereocenters. The van der Waals surface area contributed by atoms with Crippen molar-refractivity contribution in [2.24, 2.45) is 12.8 Å². The molecule has 0 aliphatic heterocycles. The molecule has 3 aromatic rings. The van der Waals surface area contributed by atoms with Gasteiger partial charge in [-0.1, -0.05) is 18.2 Å². The number of nitrogens with two attached hydrogens (primary N) is 1. The Bertz CT molecular complexity index is 821. The summed E-state index contributed by atoms with van der Waals surface area (Å²) >= 11 is 0. The van der Waals surface area contributed by atoms with Crippen LogP contribution in [0.2, 0.25) is 0 Å². The van der Waals surface area contributed by atoms with Crippen molar-refractivity contribution < 1.29 is 9.47 Å². The Balaban J connectivity index is 2.28. The predicted molar refractivity (Wildman–Crippen MR) is 89.4 cm³/mol. The first-order valence-electron chi connectivity index (χ1n) is 7.20. The quantitative estimate of drug-likeness (QED) is 0.803. The minimum absolute atomic E-state index is 0.491. The van der Waals surface area contributed by atoms with E-state index in [1.807, 2.05) is 30.3 Å². The van der Waals surface area contributed by atoms with Crippen LogP contribution in [-0.2, 0) is 13.6 Å². The van der Waals surface area contributed by atoms with Gasteiger partial charge in [-0.25, -0.2) is 0 Å². The maximum atomic E-state index is 6.02. The highest BCUT2D eigenvalue weighted by Crippen LogP contribution is 2.37. The third-order valence-electron chi connectivity index (χ3n) is 4.07. The number of nitrogens with zero attached hydrogens (tertiary/aromatic N) is 1. The molecule has 2 aromatic carbocycles. The molecule has 1 aromatic heterocycles. The summed E-state index contributed by atoms with van der Waals surface area (Å²) in [6.07, 6.45) is 0. The second kappa shape index (κ2) is 5.73. The zero-order valence-electron chi connectivity index (χ0n) is 13.1. The number of aromatic nitrogens is 1. The number of fused-ring (bicyclic) bond motifs is 1. The first-order valence-corrected chi connectivity index (χ1v) is 7.20. The third kappa shape index (κ3) is 2.12. The summed E-state index contributed by atoms with van der Waals surface area (Å²) < 4.78 is 12.9. The molecule has 0 unspecified atom stereocenters. The van der Waals surface area contributed by atoms with Crippen molar-refractivity contribution in [3.05, 3.63) is 48.0 Å². The van der Waals surface area contributed by atoms with Gasteiger partial charge in [-0.3, -0.25) is 0 Å². The molecule has 3 rings (SSSR count). The molecule has 1 heterocycles. The summed E-state index contributed by atoms with van der Waals surface area (Å²) in [6.45, 7) is 0.491. The fraction of sp³-hybridized carbons (Fsp3) is 0.222. The van der Waals surface area contributed by atoms with E-state index in [2.05, 4.69) is 23.7 Å². The van der Waals surface area contributed by atoms with Crippen molar-refractivity contribution in [1.82, 2.24) is 4.57 Å². The Morgan fingerprint density at radius 1 is 1.00 bits per heavy atom. The van der Waals surface area contributed by atoms with Gasteiger partial charge in [0.05, 0.1) is 19.9 Å². The molecular weight excluding hydrogens is 276 g/mol. The van der Waals surface area contributed by atoms with Gasteiger partial charge in [0.25, 0.3) is 0 Å². The Morgan fingerprint density at radius 2 is 1.73 bits per heavy atom. The van der Waals surface area contributed by atoms with Crippen LogP contribution in [0.15, 0.2) is 42.5 Å². The van der Waals surface area contributed by atoms with Gasteiger partial charge >= 0.3 is 0 Å². The van der Waals surface area contributed by atoms with E-state index in [-0.39, 0.29) is 0 Å². The SMILES string of the molecule is COc1ccc(-c2c(CN)c3ccccc3n2C)cc1OC. The average Bonchev–Trinajstić information content (AvgIpc) is 2.86. The molecule has 22 heavy (non-hydrogen) atoms. The number of benzene rings is 2. The lowest BCUT2D eigenvalue weighted by Crippen LogP contribution is -2.00. The summed E-state index contributed by atoms with van der Waals surface area (Å²) in [7, 11) is 5.35. The van der Waals surface area contributed by atoms with Gasteiger partial charge in [-0.05, 0) is 29.8 Å². The van der Waals surface area contributed by atoms with E-state index in [1.165, 1.54) is 10.9 Å². The topological polar surface area (TPSA) is 49.4 Å². The van der Waals surface area contributed by atoms with Crippen LogP contribution in [0.25, 0.3) is 22.2 Å². The van der Waals surface area contributed by atoms with Crippen LogP contribution in [0.1, 0.15) is 5.56 Å². The minimum atomic E-state index is 0.491. The van der Waals surface area contributed by atoms with Crippen LogP contribution in [0.3, 0.4) is 0 Å². The van der Waals surface area contributed by atoms with Crippen LogP contribution in [-0.4, -0.2) is 18.8 Å². The molecular formula is C18H20N2O2. The second-order valence-electron chi connectivity index (χ2n) is 5.18. The van der Waals surface area contributed by atoms with E-state index in [0.717, 1.165) is 22.6 Å². The molecule has 4 heteroatoms. The van der Waals surface area contributed by atoms with Crippen molar-refractivity contribution in [1.29, 1.82) is 0 Å². The second-order valence-corrected chi connectivity index (χ2v) is 5.18. The first kappa shape index (κ1) is 14.5. The lowest BCUT2D eigenvalue weighted by molar-refractivity contribution is 0.355. The molecule has 114 valence electrons. The van der Waals surface area contributed by atoms with Gasteiger partial charge < -0.3 is 19.8 Å². The van der Waals surface area contributed by atoms with E-state index in [0.29, 0.717) is 12.3 Å². The van der Waals surface area contributed by atoms with Gasteiger partial charge in [-0.2, -0.15) is 0 Å². The highest BCUT2D eigenvalue weighted by Gasteiger charge is 2.16. The minimum Gasteiger partial charge on any atom is -0.493 e. The van der Waals surface area contributed by atoms with Crippen LogP contribution >= 0.6 is 0 Å². The van der Waals surface area contributed by atoms with Crippen molar-refractivity contribution in [2.75, 3.05) is 14.2 Å². The normalized spacial score (nSPS) is 10.9. The van der Waals surface area contributed by atoms with E-state index >= 15 is 0 Å². The van der Waals surface area contributed by atoms with E-state index in [4.69, 9.17) is 15.2 Å². The number of aryl methyl sites for hydroxylation is 1. The Labute approximate surface area is 130 Å². The highest BCUT2D eigenvalue weighted by molar-refractivity contribution is 5.92. The van der Waals surface area contributed by atoms with E-state index < -0.39 is 0 Å². The Morgan fingerprint density at radius 3 is 2.41 bits per heavy atom. The summed E-state index contributed by atoms with van der Waals surface area (Å²) in [5, 5.41) is 1.19. The van der Waals surface area contributed by atoms with Gasteiger partial charge in [0.2, 0.25) is 0 Å².